The van der Waals surface area contributed by atoms with E-state index in [1.807, 2.05) is 30.3 Å². The molecule has 0 bridgehead atoms. The summed E-state index contributed by atoms with van der Waals surface area (Å²) < 4.78 is 5.25. The second-order valence-electron chi connectivity index (χ2n) is 4.52. The molecule has 0 amide bonds. The van der Waals surface area contributed by atoms with E-state index in [0.29, 0.717) is 18.1 Å². The summed E-state index contributed by atoms with van der Waals surface area (Å²) in [6.07, 6.45) is 3.84. The highest BCUT2D eigenvalue weighted by molar-refractivity contribution is 5.72. The number of hydrogen-bond donors (Lipinski definition) is 1. The fourth-order valence-electron chi connectivity index (χ4n) is 2.16. The Morgan fingerprint density at radius 2 is 1.94 bits per heavy atom. The lowest BCUT2D eigenvalue weighted by Crippen LogP contribution is -2.28. The zero-order chi connectivity index (χ0) is 11.9. The number of benzene rings is 1. The van der Waals surface area contributed by atoms with Crippen molar-refractivity contribution >= 4 is 5.97 Å². The molecule has 3 nitrogen and oxygen atoms in total. The van der Waals surface area contributed by atoms with E-state index in [-0.39, 0.29) is 5.97 Å². The van der Waals surface area contributed by atoms with Crippen LogP contribution in [0.2, 0.25) is 0 Å². The number of nitrogens with one attached hydrogen (secondary N) is 1. The third-order valence-electron chi connectivity index (χ3n) is 3.19. The van der Waals surface area contributed by atoms with Gasteiger partial charge in [-0.1, -0.05) is 18.2 Å². The first-order chi connectivity index (χ1) is 8.34. The van der Waals surface area contributed by atoms with Crippen molar-refractivity contribution in [3.8, 4) is 5.75 Å². The largest absolute Gasteiger partial charge is 0.427 e. The van der Waals surface area contributed by atoms with Gasteiger partial charge >= 0.3 is 5.97 Å². The molecule has 0 spiro atoms. The van der Waals surface area contributed by atoms with Gasteiger partial charge in [-0.2, -0.15) is 0 Å². The second kappa shape index (κ2) is 6.40. The maximum absolute atomic E-state index is 11.6. The van der Waals surface area contributed by atoms with Gasteiger partial charge in [0.2, 0.25) is 0 Å². The number of rotatable bonds is 4. The van der Waals surface area contributed by atoms with Gasteiger partial charge < -0.3 is 10.1 Å². The molecule has 17 heavy (non-hydrogen) atoms. The van der Waals surface area contributed by atoms with Crippen molar-refractivity contribution in [2.24, 2.45) is 5.92 Å². The third-order valence-corrected chi connectivity index (χ3v) is 3.19. The fourth-order valence-corrected chi connectivity index (χ4v) is 2.16. The molecule has 1 aromatic carbocycles. The van der Waals surface area contributed by atoms with Crippen molar-refractivity contribution in [3.05, 3.63) is 30.3 Å². The minimum absolute atomic E-state index is 0.116. The number of piperidine rings is 1. The molecule has 1 saturated heterocycles. The molecule has 1 N–H and O–H groups in total. The van der Waals surface area contributed by atoms with Crippen LogP contribution < -0.4 is 10.1 Å². The van der Waals surface area contributed by atoms with E-state index < -0.39 is 0 Å². The van der Waals surface area contributed by atoms with Crippen LogP contribution in [0.1, 0.15) is 25.7 Å². The van der Waals surface area contributed by atoms with E-state index in [0.717, 1.165) is 19.5 Å². The predicted octanol–water partition coefficient (Wildman–Crippen LogP) is 2.37. The molecular formula is C14H19NO2. The monoisotopic (exact) mass is 233 g/mol. The first-order valence-corrected chi connectivity index (χ1v) is 6.31. The van der Waals surface area contributed by atoms with E-state index in [4.69, 9.17) is 4.74 Å². The standard InChI is InChI=1S/C14H19NO2/c16-14(17-13-4-2-1-3-5-13)7-6-12-8-10-15-11-9-12/h1-5,12,15H,6-11H2. The summed E-state index contributed by atoms with van der Waals surface area (Å²) in [5, 5.41) is 3.33. The van der Waals surface area contributed by atoms with Crippen molar-refractivity contribution in [3.63, 3.8) is 0 Å². The third kappa shape index (κ3) is 4.19. The number of carbonyl (C=O) groups is 1. The van der Waals surface area contributed by atoms with Gasteiger partial charge in [0.05, 0.1) is 0 Å². The van der Waals surface area contributed by atoms with Crippen molar-refractivity contribution in [2.45, 2.75) is 25.7 Å². The quantitative estimate of drug-likeness (QED) is 0.641. The Morgan fingerprint density at radius 3 is 2.65 bits per heavy atom. The van der Waals surface area contributed by atoms with E-state index >= 15 is 0 Å². The Balaban J connectivity index is 1.70. The van der Waals surface area contributed by atoms with Crippen LogP contribution in [0.25, 0.3) is 0 Å². The average molecular weight is 233 g/mol. The molecule has 3 heteroatoms. The average Bonchev–Trinajstić information content (AvgIpc) is 2.39. The Hall–Kier alpha value is -1.35. The van der Waals surface area contributed by atoms with Crippen LogP contribution in [0.15, 0.2) is 30.3 Å². The van der Waals surface area contributed by atoms with Crippen LogP contribution >= 0.6 is 0 Å². The van der Waals surface area contributed by atoms with Gasteiger partial charge in [0.15, 0.2) is 0 Å². The first kappa shape index (κ1) is 12.1. The second-order valence-corrected chi connectivity index (χ2v) is 4.52. The smallest absolute Gasteiger partial charge is 0.311 e. The van der Waals surface area contributed by atoms with Gasteiger partial charge in [-0.25, -0.2) is 0 Å². The Kier molecular flexibility index (Phi) is 4.56. The molecule has 0 aromatic heterocycles. The first-order valence-electron chi connectivity index (χ1n) is 6.31. The van der Waals surface area contributed by atoms with Crippen molar-refractivity contribution in [1.82, 2.24) is 5.32 Å². The minimum Gasteiger partial charge on any atom is -0.427 e. The molecule has 0 saturated carbocycles. The topological polar surface area (TPSA) is 38.3 Å². The number of ether oxygens (including phenoxy) is 1. The molecule has 0 atom stereocenters. The normalized spacial score (nSPS) is 16.7. The van der Waals surface area contributed by atoms with Crippen LogP contribution in [0.3, 0.4) is 0 Å². The summed E-state index contributed by atoms with van der Waals surface area (Å²) in [5.74, 6) is 1.21. The summed E-state index contributed by atoms with van der Waals surface area (Å²) in [7, 11) is 0. The van der Waals surface area contributed by atoms with Crippen LogP contribution in [0.5, 0.6) is 5.75 Å². The molecule has 1 aromatic rings. The van der Waals surface area contributed by atoms with Gasteiger partial charge in [0, 0.05) is 6.42 Å². The number of carbonyl (C=O) groups excluding carboxylic acids is 1. The molecule has 92 valence electrons. The molecule has 1 heterocycles. The molecular weight excluding hydrogens is 214 g/mol. The minimum atomic E-state index is -0.116. The van der Waals surface area contributed by atoms with Crippen LogP contribution in [0, 0.1) is 5.92 Å². The number of para-hydroxylation sites is 1. The Bertz CT molecular complexity index is 344. The molecule has 1 aliphatic heterocycles. The summed E-state index contributed by atoms with van der Waals surface area (Å²) in [4.78, 5) is 11.6. The van der Waals surface area contributed by atoms with Crippen LogP contribution in [0.4, 0.5) is 0 Å². The maximum Gasteiger partial charge on any atom is 0.311 e. The van der Waals surface area contributed by atoms with Crippen LogP contribution in [-0.4, -0.2) is 19.1 Å². The highest BCUT2D eigenvalue weighted by atomic mass is 16.5. The molecule has 0 unspecified atom stereocenters. The molecule has 2 rings (SSSR count). The van der Waals surface area contributed by atoms with Gasteiger partial charge in [-0.3, -0.25) is 4.79 Å². The molecule has 1 aliphatic rings. The lowest BCUT2D eigenvalue weighted by molar-refractivity contribution is -0.134. The van der Waals surface area contributed by atoms with Crippen molar-refractivity contribution in [2.75, 3.05) is 13.1 Å². The summed E-state index contributed by atoms with van der Waals surface area (Å²) in [5.41, 5.74) is 0. The summed E-state index contributed by atoms with van der Waals surface area (Å²) >= 11 is 0. The molecule has 0 aliphatic carbocycles. The van der Waals surface area contributed by atoms with Gasteiger partial charge in [0.25, 0.3) is 0 Å². The van der Waals surface area contributed by atoms with Gasteiger partial charge in [-0.05, 0) is 50.4 Å². The van der Waals surface area contributed by atoms with E-state index in [1.165, 1.54) is 12.8 Å². The number of hydrogen-bond acceptors (Lipinski definition) is 3. The molecule has 0 radical (unpaired) electrons. The fraction of sp³-hybridized carbons (Fsp3) is 0.500. The van der Waals surface area contributed by atoms with Crippen LogP contribution in [-0.2, 0) is 4.79 Å². The number of esters is 1. The van der Waals surface area contributed by atoms with Gasteiger partial charge in [-0.15, -0.1) is 0 Å². The summed E-state index contributed by atoms with van der Waals surface area (Å²) in [6, 6.07) is 9.27. The maximum atomic E-state index is 11.6. The van der Waals surface area contributed by atoms with E-state index in [9.17, 15) is 4.79 Å². The Labute approximate surface area is 102 Å². The van der Waals surface area contributed by atoms with Crippen molar-refractivity contribution < 1.29 is 9.53 Å². The lowest BCUT2D eigenvalue weighted by Gasteiger charge is -2.21. The highest BCUT2D eigenvalue weighted by Crippen LogP contribution is 2.18. The summed E-state index contributed by atoms with van der Waals surface area (Å²) in [6.45, 7) is 2.16. The van der Waals surface area contributed by atoms with E-state index in [2.05, 4.69) is 5.32 Å². The van der Waals surface area contributed by atoms with Crippen molar-refractivity contribution in [1.29, 1.82) is 0 Å². The zero-order valence-electron chi connectivity index (χ0n) is 10.0. The van der Waals surface area contributed by atoms with Gasteiger partial charge in [0.1, 0.15) is 5.75 Å². The molecule has 1 fully saturated rings. The highest BCUT2D eigenvalue weighted by Gasteiger charge is 2.15. The SMILES string of the molecule is O=C(CCC1CCNCC1)Oc1ccccc1. The zero-order valence-corrected chi connectivity index (χ0v) is 10.0. The lowest BCUT2D eigenvalue weighted by atomic mass is 9.93. The Morgan fingerprint density at radius 1 is 1.24 bits per heavy atom. The van der Waals surface area contributed by atoms with E-state index in [1.54, 1.807) is 0 Å². The predicted molar refractivity (Wildman–Crippen MR) is 66.9 cm³/mol.